The van der Waals surface area contributed by atoms with E-state index < -0.39 is 6.04 Å². The average Bonchev–Trinajstić information content (AvgIpc) is 3.00. The molecule has 3 aromatic rings. The fraction of sp³-hybridized carbons (Fsp3) is 0.250. The highest BCUT2D eigenvalue weighted by Gasteiger charge is 2.14. The first-order chi connectivity index (χ1) is 11.6. The zero-order valence-electron chi connectivity index (χ0n) is 13.9. The van der Waals surface area contributed by atoms with Gasteiger partial charge in [-0.05, 0) is 42.5 Å². The number of benzene rings is 2. The van der Waals surface area contributed by atoms with E-state index in [-0.39, 0.29) is 5.91 Å². The summed E-state index contributed by atoms with van der Waals surface area (Å²) in [6, 6.07) is 15.6. The Labute approximate surface area is 142 Å². The van der Waals surface area contributed by atoms with E-state index in [1.165, 1.54) is 16.5 Å². The molecule has 4 nitrogen and oxygen atoms in total. The molecule has 1 heterocycles. The standard InChI is InChI=1S/C20H23N3O/c1-14-6-5-9-18-19(14)16(13-23-18)10-11-22-20(24)17(21)12-15-7-3-2-4-8-15/h2-9,13,17,23H,10-12,21H2,1H3,(H,22,24)/t17-/m0/s1. The van der Waals surface area contributed by atoms with Crippen molar-refractivity contribution in [2.24, 2.45) is 5.73 Å². The van der Waals surface area contributed by atoms with Gasteiger partial charge < -0.3 is 16.0 Å². The molecule has 0 unspecified atom stereocenters. The van der Waals surface area contributed by atoms with Crippen LogP contribution in [0, 0.1) is 6.92 Å². The van der Waals surface area contributed by atoms with Crippen LogP contribution >= 0.6 is 0 Å². The fourth-order valence-electron chi connectivity index (χ4n) is 3.06. The Morgan fingerprint density at radius 1 is 1.17 bits per heavy atom. The van der Waals surface area contributed by atoms with Crippen LogP contribution in [0.2, 0.25) is 0 Å². The number of carbonyl (C=O) groups excluding carboxylic acids is 1. The van der Waals surface area contributed by atoms with Crippen LogP contribution in [-0.2, 0) is 17.6 Å². The molecule has 0 saturated heterocycles. The summed E-state index contributed by atoms with van der Waals surface area (Å²) in [4.78, 5) is 15.4. The van der Waals surface area contributed by atoms with Crippen LogP contribution in [0.1, 0.15) is 16.7 Å². The third kappa shape index (κ3) is 3.66. The van der Waals surface area contributed by atoms with Gasteiger partial charge in [0.15, 0.2) is 0 Å². The predicted octanol–water partition coefficient (Wildman–Crippen LogP) is 2.71. The van der Waals surface area contributed by atoms with Crippen molar-refractivity contribution < 1.29 is 4.79 Å². The molecule has 0 spiro atoms. The molecule has 0 bridgehead atoms. The zero-order valence-corrected chi connectivity index (χ0v) is 13.9. The van der Waals surface area contributed by atoms with Crippen molar-refractivity contribution in [3.63, 3.8) is 0 Å². The summed E-state index contributed by atoms with van der Waals surface area (Å²) in [5.74, 6) is -0.101. The van der Waals surface area contributed by atoms with Gasteiger partial charge in [-0.3, -0.25) is 4.79 Å². The van der Waals surface area contributed by atoms with Gasteiger partial charge in [0.2, 0.25) is 5.91 Å². The van der Waals surface area contributed by atoms with Crippen LogP contribution in [0.4, 0.5) is 0 Å². The number of hydrogen-bond acceptors (Lipinski definition) is 2. The molecule has 24 heavy (non-hydrogen) atoms. The molecule has 4 heteroatoms. The van der Waals surface area contributed by atoms with Crippen LogP contribution in [-0.4, -0.2) is 23.5 Å². The Morgan fingerprint density at radius 2 is 1.96 bits per heavy atom. The summed E-state index contributed by atoms with van der Waals surface area (Å²) in [6.07, 6.45) is 3.36. The normalized spacial score (nSPS) is 12.2. The molecule has 2 aromatic carbocycles. The summed E-state index contributed by atoms with van der Waals surface area (Å²) in [6.45, 7) is 2.69. The Bertz CT molecular complexity index is 823. The molecule has 1 aromatic heterocycles. The predicted molar refractivity (Wildman–Crippen MR) is 97.9 cm³/mol. The number of fused-ring (bicyclic) bond motifs is 1. The SMILES string of the molecule is Cc1cccc2[nH]cc(CCNC(=O)[C@@H](N)Cc3ccccc3)c12. The maximum atomic E-state index is 12.2. The highest BCUT2D eigenvalue weighted by molar-refractivity contribution is 5.86. The van der Waals surface area contributed by atoms with Gasteiger partial charge in [-0.15, -0.1) is 0 Å². The highest BCUT2D eigenvalue weighted by atomic mass is 16.2. The Morgan fingerprint density at radius 3 is 2.75 bits per heavy atom. The minimum Gasteiger partial charge on any atom is -0.361 e. The minimum absolute atomic E-state index is 0.101. The van der Waals surface area contributed by atoms with Crippen molar-refractivity contribution >= 4 is 16.8 Å². The molecule has 0 saturated carbocycles. The van der Waals surface area contributed by atoms with E-state index in [2.05, 4.69) is 29.4 Å². The lowest BCUT2D eigenvalue weighted by atomic mass is 10.0. The van der Waals surface area contributed by atoms with E-state index in [1.54, 1.807) is 0 Å². The number of nitrogens with two attached hydrogens (primary N) is 1. The second-order valence-corrected chi connectivity index (χ2v) is 6.15. The quantitative estimate of drug-likeness (QED) is 0.653. The molecule has 1 amide bonds. The monoisotopic (exact) mass is 321 g/mol. The lowest BCUT2D eigenvalue weighted by Gasteiger charge is -2.12. The van der Waals surface area contributed by atoms with Crippen molar-refractivity contribution in [1.82, 2.24) is 10.3 Å². The maximum absolute atomic E-state index is 12.2. The van der Waals surface area contributed by atoms with Gasteiger partial charge in [0.05, 0.1) is 6.04 Å². The molecule has 0 radical (unpaired) electrons. The second kappa shape index (κ2) is 7.32. The largest absolute Gasteiger partial charge is 0.361 e. The molecule has 0 aliphatic heterocycles. The van der Waals surface area contributed by atoms with Gasteiger partial charge in [-0.1, -0.05) is 42.5 Å². The number of aromatic nitrogens is 1. The van der Waals surface area contributed by atoms with E-state index in [1.807, 2.05) is 42.6 Å². The van der Waals surface area contributed by atoms with Crippen LogP contribution in [0.15, 0.2) is 54.7 Å². The Hall–Kier alpha value is -2.59. The van der Waals surface area contributed by atoms with Gasteiger partial charge in [0, 0.05) is 23.6 Å². The van der Waals surface area contributed by atoms with E-state index in [0.29, 0.717) is 13.0 Å². The highest BCUT2D eigenvalue weighted by Crippen LogP contribution is 2.22. The summed E-state index contributed by atoms with van der Waals surface area (Å²) < 4.78 is 0. The number of carbonyl (C=O) groups is 1. The molecule has 0 aliphatic carbocycles. The van der Waals surface area contributed by atoms with Crippen LogP contribution in [0.5, 0.6) is 0 Å². The van der Waals surface area contributed by atoms with Gasteiger partial charge >= 0.3 is 0 Å². The van der Waals surface area contributed by atoms with E-state index in [0.717, 1.165) is 17.5 Å². The number of rotatable bonds is 6. The first-order valence-electron chi connectivity index (χ1n) is 8.28. The third-order valence-corrected chi connectivity index (χ3v) is 4.32. The van der Waals surface area contributed by atoms with Crippen LogP contribution in [0.25, 0.3) is 10.9 Å². The van der Waals surface area contributed by atoms with Crippen molar-refractivity contribution in [3.8, 4) is 0 Å². The zero-order chi connectivity index (χ0) is 16.9. The Kier molecular flexibility index (Phi) is 4.96. The van der Waals surface area contributed by atoms with Crippen LogP contribution < -0.4 is 11.1 Å². The first kappa shape index (κ1) is 16.3. The van der Waals surface area contributed by atoms with Gasteiger partial charge in [0.1, 0.15) is 0 Å². The molecule has 4 N–H and O–H groups in total. The van der Waals surface area contributed by atoms with E-state index >= 15 is 0 Å². The van der Waals surface area contributed by atoms with Gasteiger partial charge in [-0.25, -0.2) is 0 Å². The van der Waals surface area contributed by atoms with E-state index in [4.69, 9.17) is 5.73 Å². The fourth-order valence-corrected chi connectivity index (χ4v) is 3.06. The van der Waals surface area contributed by atoms with Crippen molar-refractivity contribution in [3.05, 3.63) is 71.4 Å². The molecule has 0 aliphatic rings. The summed E-state index contributed by atoms with van der Waals surface area (Å²) in [5.41, 5.74) is 10.7. The third-order valence-electron chi connectivity index (χ3n) is 4.32. The lowest BCUT2D eigenvalue weighted by Crippen LogP contribution is -2.42. The molecular formula is C20H23N3O. The molecule has 0 fully saturated rings. The summed E-state index contributed by atoms with van der Waals surface area (Å²) in [7, 11) is 0. The first-order valence-corrected chi connectivity index (χ1v) is 8.28. The molecule has 1 atom stereocenters. The molecule has 3 rings (SSSR count). The maximum Gasteiger partial charge on any atom is 0.237 e. The topological polar surface area (TPSA) is 70.9 Å². The van der Waals surface area contributed by atoms with E-state index in [9.17, 15) is 4.79 Å². The van der Waals surface area contributed by atoms with Crippen molar-refractivity contribution in [1.29, 1.82) is 0 Å². The number of amides is 1. The smallest absolute Gasteiger partial charge is 0.237 e. The number of H-pyrrole nitrogens is 1. The number of aromatic amines is 1. The molecule has 124 valence electrons. The second-order valence-electron chi connectivity index (χ2n) is 6.15. The lowest BCUT2D eigenvalue weighted by molar-refractivity contribution is -0.122. The van der Waals surface area contributed by atoms with Gasteiger partial charge in [0.25, 0.3) is 0 Å². The molecular weight excluding hydrogens is 298 g/mol. The summed E-state index contributed by atoms with van der Waals surface area (Å²) >= 11 is 0. The average molecular weight is 321 g/mol. The van der Waals surface area contributed by atoms with Gasteiger partial charge in [-0.2, -0.15) is 0 Å². The number of aryl methyl sites for hydroxylation is 1. The van der Waals surface area contributed by atoms with Crippen LogP contribution in [0.3, 0.4) is 0 Å². The number of nitrogens with one attached hydrogen (secondary N) is 2. The number of hydrogen-bond donors (Lipinski definition) is 3. The Balaban J connectivity index is 1.54. The summed E-state index contributed by atoms with van der Waals surface area (Å²) in [5, 5.41) is 4.20. The van der Waals surface area contributed by atoms with Crippen molar-refractivity contribution in [2.45, 2.75) is 25.8 Å². The van der Waals surface area contributed by atoms with Crippen molar-refractivity contribution in [2.75, 3.05) is 6.54 Å². The minimum atomic E-state index is -0.517.